The van der Waals surface area contributed by atoms with Crippen LogP contribution in [0.1, 0.15) is 19.3 Å². The number of nitro benzene ring substituents is 1. The van der Waals surface area contributed by atoms with E-state index in [1.165, 1.54) is 42.8 Å². The lowest BCUT2D eigenvalue weighted by atomic mass is 10.1. The number of hydrogen-bond donors (Lipinski definition) is 1. The van der Waals surface area contributed by atoms with Crippen molar-refractivity contribution in [2.75, 3.05) is 25.0 Å². The lowest BCUT2D eigenvalue weighted by Crippen LogP contribution is -2.36. The van der Waals surface area contributed by atoms with Gasteiger partial charge >= 0.3 is 0 Å². The maximum atomic E-state index is 12.6. The maximum Gasteiger partial charge on any atom is 0.269 e. The normalized spacial score (nSPS) is 15.1. The number of nitrogens with one attached hydrogen (secondary N) is 1. The van der Waals surface area contributed by atoms with Crippen LogP contribution in [0.25, 0.3) is 0 Å². The summed E-state index contributed by atoms with van der Waals surface area (Å²) in [5, 5.41) is 13.5. The lowest BCUT2D eigenvalue weighted by molar-refractivity contribution is -0.384. The molecule has 0 bridgehead atoms. The monoisotopic (exact) mass is 403 g/mol. The van der Waals surface area contributed by atoms with E-state index in [2.05, 4.69) is 10.2 Å². The number of hydrogen-bond acceptors (Lipinski definition) is 6. The molecule has 0 aliphatic carbocycles. The lowest BCUT2D eigenvalue weighted by Gasteiger charge is -2.25. The number of nitro groups is 1. The van der Waals surface area contributed by atoms with Gasteiger partial charge in [-0.3, -0.25) is 19.8 Å². The molecule has 148 valence electrons. The SMILES string of the molecule is O=C(CN1CCCCC1)Nc1ccc(S(=O)(=O)c2ccc([N+](=O)[O-])cc2)cc1. The highest BCUT2D eigenvalue weighted by atomic mass is 32.2. The first-order chi connectivity index (χ1) is 13.4. The van der Waals surface area contributed by atoms with Crippen molar-refractivity contribution in [1.82, 2.24) is 4.90 Å². The first-order valence-electron chi connectivity index (χ1n) is 8.98. The molecule has 0 atom stereocenters. The molecule has 1 fully saturated rings. The van der Waals surface area contributed by atoms with Gasteiger partial charge in [-0.2, -0.15) is 0 Å². The van der Waals surface area contributed by atoms with Crippen molar-refractivity contribution >= 4 is 27.1 Å². The van der Waals surface area contributed by atoms with Crippen LogP contribution in [-0.4, -0.2) is 43.8 Å². The Morgan fingerprint density at radius 1 is 0.964 bits per heavy atom. The van der Waals surface area contributed by atoms with Gasteiger partial charge in [-0.1, -0.05) is 6.42 Å². The molecule has 2 aromatic carbocycles. The Morgan fingerprint density at radius 2 is 1.50 bits per heavy atom. The van der Waals surface area contributed by atoms with E-state index in [0.717, 1.165) is 38.1 Å². The summed E-state index contributed by atoms with van der Waals surface area (Å²) >= 11 is 0. The molecule has 0 saturated carbocycles. The molecule has 8 nitrogen and oxygen atoms in total. The molecule has 1 saturated heterocycles. The molecular weight excluding hydrogens is 382 g/mol. The van der Waals surface area contributed by atoms with Crippen molar-refractivity contribution in [3.8, 4) is 0 Å². The fraction of sp³-hybridized carbons (Fsp3) is 0.316. The number of non-ortho nitro benzene ring substituents is 1. The van der Waals surface area contributed by atoms with E-state index in [-0.39, 0.29) is 21.4 Å². The molecular formula is C19H21N3O5S. The predicted molar refractivity (Wildman–Crippen MR) is 104 cm³/mol. The summed E-state index contributed by atoms with van der Waals surface area (Å²) in [6, 6.07) is 10.6. The number of nitrogens with zero attached hydrogens (tertiary/aromatic N) is 2. The maximum absolute atomic E-state index is 12.6. The van der Waals surface area contributed by atoms with Crippen LogP contribution in [-0.2, 0) is 14.6 Å². The van der Waals surface area contributed by atoms with Gasteiger partial charge < -0.3 is 5.32 Å². The number of carbonyl (C=O) groups is 1. The molecule has 1 aliphatic rings. The van der Waals surface area contributed by atoms with Gasteiger partial charge in [-0.25, -0.2) is 8.42 Å². The number of anilines is 1. The zero-order valence-corrected chi connectivity index (χ0v) is 16.0. The first-order valence-corrected chi connectivity index (χ1v) is 10.5. The van der Waals surface area contributed by atoms with Crippen molar-refractivity contribution in [2.24, 2.45) is 0 Å². The number of rotatable bonds is 6. The summed E-state index contributed by atoms with van der Waals surface area (Å²) in [5.74, 6) is -0.132. The first kappa shape index (κ1) is 20.0. The Morgan fingerprint density at radius 3 is 2.04 bits per heavy atom. The molecule has 0 unspecified atom stereocenters. The van der Waals surface area contributed by atoms with Crippen LogP contribution in [0.2, 0.25) is 0 Å². The molecule has 9 heteroatoms. The summed E-state index contributed by atoms with van der Waals surface area (Å²) in [5.41, 5.74) is 0.343. The molecule has 1 aliphatic heterocycles. The minimum atomic E-state index is -3.79. The highest BCUT2D eigenvalue weighted by molar-refractivity contribution is 7.91. The van der Waals surface area contributed by atoms with Gasteiger partial charge in [0.25, 0.3) is 5.69 Å². The number of carbonyl (C=O) groups excluding carboxylic acids is 1. The molecule has 1 heterocycles. The van der Waals surface area contributed by atoms with E-state index < -0.39 is 14.8 Å². The molecule has 2 aromatic rings. The van der Waals surface area contributed by atoms with E-state index in [9.17, 15) is 23.3 Å². The van der Waals surface area contributed by atoms with Crippen LogP contribution in [0.15, 0.2) is 58.3 Å². The minimum Gasteiger partial charge on any atom is -0.325 e. The van der Waals surface area contributed by atoms with Gasteiger partial charge in [-0.05, 0) is 62.3 Å². The second-order valence-corrected chi connectivity index (χ2v) is 8.61. The van der Waals surface area contributed by atoms with Gasteiger partial charge in [0.15, 0.2) is 0 Å². The van der Waals surface area contributed by atoms with Crippen LogP contribution >= 0.6 is 0 Å². The highest BCUT2D eigenvalue weighted by Gasteiger charge is 2.19. The van der Waals surface area contributed by atoms with Crippen LogP contribution in [0, 0.1) is 10.1 Å². The molecule has 1 N–H and O–H groups in total. The molecule has 0 radical (unpaired) electrons. The summed E-state index contributed by atoms with van der Waals surface area (Å²) in [6.07, 6.45) is 3.40. The van der Waals surface area contributed by atoms with Crippen LogP contribution in [0.5, 0.6) is 0 Å². The zero-order chi connectivity index (χ0) is 20.1. The third kappa shape index (κ3) is 4.73. The predicted octanol–water partition coefficient (Wildman–Crippen LogP) is 2.85. The Hall–Kier alpha value is -2.78. The van der Waals surface area contributed by atoms with Crippen LogP contribution in [0.3, 0.4) is 0 Å². The number of sulfone groups is 1. The Bertz CT molecular complexity index is 950. The van der Waals surface area contributed by atoms with E-state index in [1.807, 2.05) is 0 Å². The molecule has 28 heavy (non-hydrogen) atoms. The van der Waals surface area contributed by atoms with E-state index in [4.69, 9.17) is 0 Å². The van der Waals surface area contributed by atoms with Crippen LogP contribution < -0.4 is 5.32 Å². The third-order valence-electron chi connectivity index (χ3n) is 4.62. The molecule has 0 aromatic heterocycles. The Balaban J connectivity index is 1.67. The van der Waals surface area contributed by atoms with Gasteiger partial charge in [0.1, 0.15) is 0 Å². The van der Waals surface area contributed by atoms with Crippen molar-refractivity contribution in [3.05, 3.63) is 58.6 Å². The average molecular weight is 403 g/mol. The summed E-state index contributed by atoms with van der Waals surface area (Å²) in [6.45, 7) is 2.16. The third-order valence-corrected chi connectivity index (χ3v) is 6.41. The standard InChI is InChI=1S/C19H21N3O5S/c23-19(14-21-12-2-1-3-13-21)20-15-4-8-17(9-5-15)28(26,27)18-10-6-16(7-11-18)22(24)25/h4-11H,1-3,12-14H2,(H,20,23). The zero-order valence-electron chi connectivity index (χ0n) is 15.2. The Labute approximate surface area is 163 Å². The smallest absolute Gasteiger partial charge is 0.269 e. The fourth-order valence-corrected chi connectivity index (χ4v) is 4.38. The van der Waals surface area contributed by atoms with Crippen molar-refractivity contribution in [2.45, 2.75) is 29.1 Å². The Kier molecular flexibility index (Phi) is 6.05. The molecule has 3 rings (SSSR count). The molecule has 0 spiro atoms. The van der Waals surface area contributed by atoms with E-state index >= 15 is 0 Å². The summed E-state index contributed by atoms with van der Waals surface area (Å²) < 4.78 is 25.3. The van der Waals surface area contributed by atoms with Gasteiger partial charge in [-0.15, -0.1) is 0 Å². The van der Waals surface area contributed by atoms with Crippen molar-refractivity contribution in [1.29, 1.82) is 0 Å². The van der Waals surface area contributed by atoms with Crippen LogP contribution in [0.4, 0.5) is 11.4 Å². The van der Waals surface area contributed by atoms with Gasteiger partial charge in [0, 0.05) is 17.8 Å². The summed E-state index contributed by atoms with van der Waals surface area (Å²) in [4.78, 5) is 24.4. The van der Waals surface area contributed by atoms with Gasteiger partial charge in [0.2, 0.25) is 15.7 Å². The van der Waals surface area contributed by atoms with Gasteiger partial charge in [0.05, 0.1) is 21.3 Å². The number of piperidine rings is 1. The van der Waals surface area contributed by atoms with E-state index in [1.54, 1.807) is 0 Å². The average Bonchev–Trinajstić information content (AvgIpc) is 2.69. The van der Waals surface area contributed by atoms with Crippen molar-refractivity contribution in [3.63, 3.8) is 0 Å². The van der Waals surface area contributed by atoms with E-state index in [0.29, 0.717) is 12.2 Å². The highest BCUT2D eigenvalue weighted by Crippen LogP contribution is 2.24. The minimum absolute atomic E-state index is 0.0278. The second kappa shape index (κ2) is 8.49. The number of amides is 1. The fourth-order valence-electron chi connectivity index (χ4n) is 3.12. The molecule has 1 amide bonds. The quantitative estimate of drug-likeness (QED) is 0.587. The largest absolute Gasteiger partial charge is 0.325 e. The van der Waals surface area contributed by atoms with Crippen molar-refractivity contribution < 1.29 is 18.1 Å². The topological polar surface area (TPSA) is 110 Å². The number of benzene rings is 2. The second-order valence-electron chi connectivity index (χ2n) is 6.66. The number of likely N-dealkylation sites (tertiary alicyclic amines) is 1. The summed E-state index contributed by atoms with van der Waals surface area (Å²) in [7, 11) is -3.79.